The maximum absolute atomic E-state index is 12.2. The molecule has 2 aromatic carbocycles. The molecule has 0 saturated carbocycles. The standard InChI is InChI=1S/C21H17BrN2O5/c1-2-3-14-8-13(4-6-17(14)28-12-20(25)26)11-23-24-21(27)19-10-15-9-16(22)5-7-18(15)29-19/h2,4-11H,1,3,12H2,(H,24,27)(H,25,26)/b23-11+. The zero-order valence-corrected chi connectivity index (χ0v) is 16.8. The number of hydrazone groups is 1. The zero-order chi connectivity index (χ0) is 20.8. The number of nitrogens with zero attached hydrogens (tertiary/aromatic N) is 1. The Morgan fingerprint density at radius 3 is 2.83 bits per heavy atom. The van der Waals surface area contributed by atoms with Gasteiger partial charge in [-0.1, -0.05) is 22.0 Å². The first-order valence-electron chi connectivity index (χ1n) is 8.57. The molecule has 1 amide bonds. The van der Waals surface area contributed by atoms with E-state index in [2.05, 4.69) is 33.0 Å². The zero-order valence-electron chi connectivity index (χ0n) is 15.2. The van der Waals surface area contributed by atoms with Gasteiger partial charge < -0.3 is 14.3 Å². The van der Waals surface area contributed by atoms with Gasteiger partial charge in [0.05, 0.1) is 6.21 Å². The summed E-state index contributed by atoms with van der Waals surface area (Å²) in [6.45, 7) is 3.26. The van der Waals surface area contributed by atoms with E-state index in [1.54, 1.807) is 36.4 Å². The highest BCUT2D eigenvalue weighted by atomic mass is 79.9. The molecule has 0 spiro atoms. The van der Waals surface area contributed by atoms with Crippen LogP contribution in [0.1, 0.15) is 21.7 Å². The van der Waals surface area contributed by atoms with Crippen molar-refractivity contribution in [3.63, 3.8) is 0 Å². The molecule has 8 heteroatoms. The van der Waals surface area contributed by atoms with E-state index in [1.165, 1.54) is 6.21 Å². The molecular formula is C21H17BrN2O5. The largest absolute Gasteiger partial charge is 0.482 e. The van der Waals surface area contributed by atoms with E-state index in [4.69, 9.17) is 14.3 Å². The summed E-state index contributed by atoms with van der Waals surface area (Å²) in [7, 11) is 0. The Labute approximate surface area is 174 Å². The topological polar surface area (TPSA) is 101 Å². The van der Waals surface area contributed by atoms with Gasteiger partial charge in [-0.25, -0.2) is 10.2 Å². The Hall–Kier alpha value is -3.39. The van der Waals surface area contributed by atoms with Crippen molar-refractivity contribution < 1.29 is 23.8 Å². The van der Waals surface area contributed by atoms with Gasteiger partial charge in [-0.05, 0) is 60.0 Å². The summed E-state index contributed by atoms with van der Waals surface area (Å²) in [5.41, 5.74) is 4.50. The number of carboxylic acids is 1. The first-order valence-corrected chi connectivity index (χ1v) is 9.36. The third-order valence-corrected chi connectivity index (χ3v) is 4.38. The first-order chi connectivity index (χ1) is 14.0. The number of hydrogen-bond acceptors (Lipinski definition) is 5. The molecule has 148 valence electrons. The Morgan fingerprint density at radius 2 is 2.07 bits per heavy atom. The van der Waals surface area contributed by atoms with Crippen molar-refractivity contribution in [3.8, 4) is 5.75 Å². The van der Waals surface area contributed by atoms with Crippen LogP contribution in [0.5, 0.6) is 5.75 Å². The fourth-order valence-corrected chi connectivity index (χ4v) is 3.00. The summed E-state index contributed by atoms with van der Waals surface area (Å²) < 4.78 is 11.7. The monoisotopic (exact) mass is 456 g/mol. The van der Waals surface area contributed by atoms with Crippen LogP contribution in [0.2, 0.25) is 0 Å². The van der Waals surface area contributed by atoms with E-state index in [-0.39, 0.29) is 5.76 Å². The molecular weight excluding hydrogens is 440 g/mol. The lowest BCUT2D eigenvalue weighted by molar-refractivity contribution is -0.139. The summed E-state index contributed by atoms with van der Waals surface area (Å²) in [6.07, 6.45) is 3.66. The minimum absolute atomic E-state index is 0.153. The second-order valence-electron chi connectivity index (χ2n) is 6.03. The van der Waals surface area contributed by atoms with Crippen molar-refractivity contribution in [2.75, 3.05) is 6.61 Å². The van der Waals surface area contributed by atoms with Gasteiger partial charge in [0.15, 0.2) is 12.4 Å². The van der Waals surface area contributed by atoms with Crippen LogP contribution >= 0.6 is 15.9 Å². The number of fused-ring (bicyclic) bond motifs is 1. The molecule has 1 aromatic heterocycles. The van der Waals surface area contributed by atoms with Crippen LogP contribution in [-0.2, 0) is 11.2 Å². The van der Waals surface area contributed by atoms with Crippen molar-refractivity contribution in [1.82, 2.24) is 5.43 Å². The van der Waals surface area contributed by atoms with Crippen LogP contribution in [-0.4, -0.2) is 29.8 Å². The molecule has 0 aliphatic carbocycles. The molecule has 3 aromatic rings. The number of carbonyl (C=O) groups excluding carboxylic acids is 1. The molecule has 0 bridgehead atoms. The molecule has 0 saturated heterocycles. The predicted octanol–water partition coefficient (Wildman–Crippen LogP) is 4.15. The van der Waals surface area contributed by atoms with Crippen molar-refractivity contribution in [2.24, 2.45) is 5.10 Å². The van der Waals surface area contributed by atoms with Gasteiger partial charge in [0.1, 0.15) is 11.3 Å². The number of ether oxygens (including phenoxy) is 1. The summed E-state index contributed by atoms with van der Waals surface area (Å²) in [4.78, 5) is 22.9. The van der Waals surface area contributed by atoms with Crippen molar-refractivity contribution in [1.29, 1.82) is 0 Å². The van der Waals surface area contributed by atoms with E-state index >= 15 is 0 Å². The van der Waals surface area contributed by atoms with E-state index in [1.807, 2.05) is 12.1 Å². The molecule has 1 heterocycles. The lowest BCUT2D eigenvalue weighted by Gasteiger charge is -2.09. The minimum Gasteiger partial charge on any atom is -0.482 e. The normalized spacial score (nSPS) is 10.9. The molecule has 0 atom stereocenters. The number of aliphatic carboxylic acids is 1. The lowest BCUT2D eigenvalue weighted by atomic mass is 10.1. The Bertz CT molecular complexity index is 1100. The average molecular weight is 457 g/mol. The second kappa shape index (κ2) is 9.20. The van der Waals surface area contributed by atoms with Crippen LogP contribution in [0.25, 0.3) is 11.0 Å². The number of halogens is 1. The second-order valence-corrected chi connectivity index (χ2v) is 6.95. The summed E-state index contributed by atoms with van der Waals surface area (Å²) in [5, 5.41) is 13.5. The molecule has 0 aliphatic rings. The average Bonchev–Trinajstić information content (AvgIpc) is 3.10. The number of carboxylic acid groups (broad SMARTS) is 1. The number of hydrogen-bond donors (Lipinski definition) is 2. The van der Waals surface area contributed by atoms with Crippen LogP contribution in [0.15, 0.2) is 69.1 Å². The van der Waals surface area contributed by atoms with Crippen LogP contribution in [0.3, 0.4) is 0 Å². The molecule has 0 aliphatic heterocycles. The minimum atomic E-state index is -1.05. The van der Waals surface area contributed by atoms with Crippen LogP contribution < -0.4 is 10.2 Å². The Balaban J connectivity index is 1.69. The number of benzene rings is 2. The SMILES string of the molecule is C=CCc1cc(/C=N/NC(=O)c2cc3cc(Br)ccc3o2)ccc1OCC(=O)O. The van der Waals surface area contributed by atoms with Gasteiger partial charge in [0.25, 0.3) is 0 Å². The molecule has 0 unspecified atom stereocenters. The number of furan rings is 1. The molecule has 29 heavy (non-hydrogen) atoms. The predicted molar refractivity (Wildman–Crippen MR) is 112 cm³/mol. The summed E-state index contributed by atoms with van der Waals surface area (Å²) in [5.74, 6) is -0.913. The first kappa shape index (κ1) is 20.3. The highest BCUT2D eigenvalue weighted by Gasteiger charge is 2.12. The fraction of sp³-hybridized carbons (Fsp3) is 0.0952. The number of amides is 1. The Kier molecular flexibility index (Phi) is 6.46. The number of rotatable bonds is 8. The molecule has 0 fully saturated rings. The van der Waals surface area contributed by atoms with Crippen molar-refractivity contribution >= 4 is 45.0 Å². The van der Waals surface area contributed by atoms with Gasteiger partial charge in [-0.15, -0.1) is 6.58 Å². The van der Waals surface area contributed by atoms with Gasteiger partial charge in [-0.3, -0.25) is 4.79 Å². The van der Waals surface area contributed by atoms with E-state index in [9.17, 15) is 9.59 Å². The third-order valence-electron chi connectivity index (χ3n) is 3.88. The van der Waals surface area contributed by atoms with E-state index in [0.717, 1.165) is 15.4 Å². The Morgan fingerprint density at radius 1 is 1.24 bits per heavy atom. The molecule has 3 rings (SSSR count). The van der Waals surface area contributed by atoms with Gasteiger partial charge in [0.2, 0.25) is 0 Å². The van der Waals surface area contributed by atoms with E-state index < -0.39 is 18.5 Å². The number of carbonyl (C=O) groups is 2. The van der Waals surface area contributed by atoms with Gasteiger partial charge in [0, 0.05) is 9.86 Å². The lowest BCUT2D eigenvalue weighted by Crippen LogP contribution is -2.16. The van der Waals surface area contributed by atoms with Gasteiger partial charge >= 0.3 is 11.9 Å². The third kappa shape index (κ3) is 5.32. The van der Waals surface area contributed by atoms with Crippen molar-refractivity contribution in [3.05, 3.63) is 76.5 Å². The quantitative estimate of drug-likeness (QED) is 0.301. The van der Waals surface area contributed by atoms with E-state index in [0.29, 0.717) is 23.3 Å². The summed E-state index contributed by atoms with van der Waals surface area (Å²) >= 11 is 3.38. The molecule has 2 N–H and O–H groups in total. The highest BCUT2D eigenvalue weighted by molar-refractivity contribution is 9.10. The smallest absolute Gasteiger partial charge is 0.341 e. The molecule has 0 radical (unpaired) electrons. The van der Waals surface area contributed by atoms with Gasteiger partial charge in [-0.2, -0.15) is 5.10 Å². The van der Waals surface area contributed by atoms with Crippen LogP contribution in [0, 0.1) is 0 Å². The highest BCUT2D eigenvalue weighted by Crippen LogP contribution is 2.23. The maximum atomic E-state index is 12.2. The molecule has 7 nitrogen and oxygen atoms in total. The fourth-order valence-electron chi connectivity index (χ4n) is 2.62. The summed E-state index contributed by atoms with van der Waals surface area (Å²) in [6, 6.07) is 12.2. The number of nitrogens with one attached hydrogen (secondary N) is 1. The number of allylic oxidation sites excluding steroid dienone is 1. The van der Waals surface area contributed by atoms with Crippen molar-refractivity contribution in [2.45, 2.75) is 6.42 Å². The maximum Gasteiger partial charge on any atom is 0.341 e. The van der Waals surface area contributed by atoms with Crippen LogP contribution in [0.4, 0.5) is 0 Å².